The molecule has 3 heteroatoms. The fourth-order valence-electron chi connectivity index (χ4n) is 1.94. The van der Waals surface area contributed by atoms with Gasteiger partial charge in [0.05, 0.1) is 12.8 Å². The van der Waals surface area contributed by atoms with Gasteiger partial charge in [-0.05, 0) is 32.5 Å². The van der Waals surface area contributed by atoms with E-state index in [9.17, 15) is 0 Å². The van der Waals surface area contributed by atoms with Gasteiger partial charge in [-0.3, -0.25) is 4.90 Å². The largest absolute Gasteiger partial charge is 0.468 e. The van der Waals surface area contributed by atoms with Crippen molar-refractivity contribution in [3.05, 3.63) is 35.8 Å². The van der Waals surface area contributed by atoms with E-state index < -0.39 is 0 Å². The highest BCUT2D eigenvalue weighted by atomic mass is 16.3. The van der Waals surface area contributed by atoms with Crippen LogP contribution in [0.2, 0.25) is 0 Å². The molecule has 1 aromatic rings. The molecule has 0 aliphatic heterocycles. The fourth-order valence-corrected chi connectivity index (χ4v) is 1.94. The van der Waals surface area contributed by atoms with Gasteiger partial charge in [0.25, 0.3) is 0 Å². The number of likely N-dealkylation sites (N-methyl/N-ethyl adjacent to an activating group) is 1. The molecule has 0 aromatic carbocycles. The summed E-state index contributed by atoms with van der Waals surface area (Å²) in [4.78, 5) is 2.25. The zero-order valence-corrected chi connectivity index (χ0v) is 12.1. The van der Waals surface area contributed by atoms with Crippen molar-refractivity contribution < 1.29 is 4.42 Å². The standard InChI is InChI=1S/C15H26N2O/c1-12(2)8-16-9-15-14(6-7-18-15)11-17(5)10-13(3)4/h6-7,12,16H,3,8-11H2,1-2,4-5H3. The molecular formula is C15H26N2O. The van der Waals surface area contributed by atoms with E-state index in [1.165, 1.54) is 11.1 Å². The first-order chi connectivity index (χ1) is 8.49. The van der Waals surface area contributed by atoms with Crippen molar-refractivity contribution in [2.24, 2.45) is 5.92 Å². The molecule has 3 nitrogen and oxygen atoms in total. The first-order valence-corrected chi connectivity index (χ1v) is 6.58. The van der Waals surface area contributed by atoms with Crippen LogP contribution >= 0.6 is 0 Å². The number of nitrogens with one attached hydrogen (secondary N) is 1. The Bertz CT molecular complexity index is 368. The Morgan fingerprint density at radius 2 is 2.22 bits per heavy atom. The van der Waals surface area contributed by atoms with E-state index in [1.807, 2.05) is 0 Å². The number of furan rings is 1. The average molecular weight is 250 g/mol. The number of rotatable bonds is 8. The predicted molar refractivity (Wildman–Crippen MR) is 76.4 cm³/mol. The molecule has 102 valence electrons. The molecule has 0 aliphatic rings. The van der Waals surface area contributed by atoms with Gasteiger partial charge in [-0.1, -0.05) is 26.0 Å². The van der Waals surface area contributed by atoms with E-state index in [-0.39, 0.29) is 0 Å². The van der Waals surface area contributed by atoms with Crippen LogP contribution in [0.3, 0.4) is 0 Å². The minimum Gasteiger partial charge on any atom is -0.468 e. The lowest BCUT2D eigenvalue weighted by Crippen LogP contribution is -2.22. The van der Waals surface area contributed by atoms with E-state index in [2.05, 4.69) is 50.7 Å². The molecule has 0 saturated carbocycles. The number of nitrogens with zero attached hydrogens (tertiary/aromatic N) is 1. The minimum atomic E-state index is 0.662. The SMILES string of the molecule is C=C(C)CN(C)Cc1ccoc1CNCC(C)C. The minimum absolute atomic E-state index is 0.662. The summed E-state index contributed by atoms with van der Waals surface area (Å²) in [6, 6.07) is 2.06. The van der Waals surface area contributed by atoms with Gasteiger partial charge in [0.1, 0.15) is 5.76 Å². The van der Waals surface area contributed by atoms with Crippen LogP contribution in [0.5, 0.6) is 0 Å². The Morgan fingerprint density at radius 3 is 2.83 bits per heavy atom. The van der Waals surface area contributed by atoms with Crippen LogP contribution in [0.15, 0.2) is 28.9 Å². The summed E-state index contributed by atoms with van der Waals surface area (Å²) >= 11 is 0. The van der Waals surface area contributed by atoms with Crippen molar-refractivity contribution in [1.29, 1.82) is 0 Å². The van der Waals surface area contributed by atoms with Gasteiger partial charge in [-0.2, -0.15) is 0 Å². The zero-order chi connectivity index (χ0) is 13.5. The quantitative estimate of drug-likeness (QED) is 0.719. The van der Waals surface area contributed by atoms with Gasteiger partial charge in [0.15, 0.2) is 0 Å². The fraction of sp³-hybridized carbons (Fsp3) is 0.600. The molecule has 1 heterocycles. The molecule has 0 spiro atoms. The lowest BCUT2D eigenvalue weighted by molar-refractivity contribution is 0.349. The van der Waals surface area contributed by atoms with Crippen molar-refractivity contribution in [2.75, 3.05) is 20.1 Å². The van der Waals surface area contributed by atoms with E-state index in [0.717, 1.165) is 31.9 Å². The summed E-state index contributed by atoms with van der Waals surface area (Å²) in [5.74, 6) is 1.71. The summed E-state index contributed by atoms with van der Waals surface area (Å²) in [5.41, 5.74) is 2.44. The Kier molecular flexibility index (Phi) is 6.16. The Hall–Kier alpha value is -1.06. The molecule has 1 aromatic heterocycles. The highest BCUT2D eigenvalue weighted by Crippen LogP contribution is 2.13. The summed E-state index contributed by atoms with van der Waals surface area (Å²) in [5, 5.41) is 3.41. The van der Waals surface area contributed by atoms with Gasteiger partial charge < -0.3 is 9.73 Å². The van der Waals surface area contributed by atoms with E-state index in [0.29, 0.717) is 5.92 Å². The smallest absolute Gasteiger partial charge is 0.122 e. The Labute approximate surface area is 111 Å². The summed E-state index contributed by atoms with van der Waals surface area (Å²) in [7, 11) is 2.10. The Balaban J connectivity index is 2.46. The molecule has 1 N–H and O–H groups in total. The summed E-state index contributed by atoms with van der Waals surface area (Å²) in [6.07, 6.45) is 1.77. The van der Waals surface area contributed by atoms with Gasteiger partial charge in [0, 0.05) is 18.7 Å². The van der Waals surface area contributed by atoms with E-state index in [4.69, 9.17) is 4.42 Å². The lowest BCUT2D eigenvalue weighted by atomic mass is 10.2. The van der Waals surface area contributed by atoms with Gasteiger partial charge >= 0.3 is 0 Å². The third-order valence-electron chi connectivity index (χ3n) is 2.66. The molecule has 0 atom stereocenters. The van der Waals surface area contributed by atoms with Gasteiger partial charge in [-0.25, -0.2) is 0 Å². The zero-order valence-electron chi connectivity index (χ0n) is 12.1. The average Bonchev–Trinajstić information content (AvgIpc) is 2.63. The van der Waals surface area contributed by atoms with Gasteiger partial charge in [0.2, 0.25) is 0 Å². The maximum absolute atomic E-state index is 5.54. The second-order valence-corrected chi connectivity index (χ2v) is 5.52. The van der Waals surface area contributed by atoms with E-state index >= 15 is 0 Å². The van der Waals surface area contributed by atoms with Gasteiger partial charge in [-0.15, -0.1) is 0 Å². The first-order valence-electron chi connectivity index (χ1n) is 6.58. The third kappa shape index (κ3) is 5.52. The van der Waals surface area contributed by atoms with Crippen molar-refractivity contribution >= 4 is 0 Å². The second-order valence-electron chi connectivity index (χ2n) is 5.52. The van der Waals surface area contributed by atoms with E-state index in [1.54, 1.807) is 6.26 Å². The predicted octanol–water partition coefficient (Wildman–Crippen LogP) is 3.03. The van der Waals surface area contributed by atoms with Crippen molar-refractivity contribution in [1.82, 2.24) is 10.2 Å². The second kappa shape index (κ2) is 7.39. The van der Waals surface area contributed by atoms with Crippen LogP contribution < -0.4 is 5.32 Å². The lowest BCUT2D eigenvalue weighted by Gasteiger charge is -2.16. The van der Waals surface area contributed by atoms with Crippen LogP contribution in [0.1, 0.15) is 32.1 Å². The maximum Gasteiger partial charge on any atom is 0.122 e. The highest BCUT2D eigenvalue weighted by molar-refractivity contribution is 5.17. The van der Waals surface area contributed by atoms with Crippen molar-refractivity contribution in [2.45, 2.75) is 33.9 Å². The van der Waals surface area contributed by atoms with Crippen LogP contribution in [0.4, 0.5) is 0 Å². The third-order valence-corrected chi connectivity index (χ3v) is 2.66. The van der Waals surface area contributed by atoms with Crippen LogP contribution in [-0.2, 0) is 13.1 Å². The molecular weight excluding hydrogens is 224 g/mol. The topological polar surface area (TPSA) is 28.4 Å². The Morgan fingerprint density at radius 1 is 1.50 bits per heavy atom. The van der Waals surface area contributed by atoms with Crippen LogP contribution in [-0.4, -0.2) is 25.0 Å². The van der Waals surface area contributed by atoms with Crippen LogP contribution in [0, 0.1) is 5.92 Å². The molecule has 0 amide bonds. The number of hydrogen-bond acceptors (Lipinski definition) is 3. The molecule has 0 aliphatic carbocycles. The normalized spacial score (nSPS) is 11.4. The highest BCUT2D eigenvalue weighted by Gasteiger charge is 2.09. The summed E-state index contributed by atoms with van der Waals surface area (Å²) in [6.45, 7) is 14.0. The molecule has 0 unspecified atom stereocenters. The van der Waals surface area contributed by atoms with Crippen molar-refractivity contribution in [3.8, 4) is 0 Å². The van der Waals surface area contributed by atoms with Crippen molar-refractivity contribution in [3.63, 3.8) is 0 Å². The molecule has 0 saturated heterocycles. The molecule has 0 fully saturated rings. The maximum atomic E-state index is 5.54. The molecule has 0 bridgehead atoms. The number of hydrogen-bond donors (Lipinski definition) is 1. The van der Waals surface area contributed by atoms with Crippen LogP contribution in [0.25, 0.3) is 0 Å². The molecule has 1 rings (SSSR count). The molecule has 0 radical (unpaired) electrons. The molecule has 18 heavy (non-hydrogen) atoms. The monoisotopic (exact) mass is 250 g/mol. The first kappa shape index (κ1) is 15.0. The summed E-state index contributed by atoms with van der Waals surface area (Å²) < 4.78 is 5.54.